The van der Waals surface area contributed by atoms with Crippen molar-refractivity contribution in [2.45, 2.75) is 113 Å². The summed E-state index contributed by atoms with van der Waals surface area (Å²) < 4.78 is 11.3. The highest BCUT2D eigenvalue weighted by atomic mass is 16.5. The second-order valence-corrected chi connectivity index (χ2v) is 16.8. The van der Waals surface area contributed by atoms with E-state index in [-0.39, 0.29) is 63.4 Å². The van der Waals surface area contributed by atoms with Gasteiger partial charge in [-0.25, -0.2) is 0 Å². The van der Waals surface area contributed by atoms with Crippen molar-refractivity contribution in [1.82, 2.24) is 30.2 Å². The number of nitrogens with two attached hydrogens (primary N) is 2. The molecule has 0 unspecified atom stereocenters. The largest absolute Gasteiger partial charge is 0.463 e. The molecular formula is C47H68N12O4. The van der Waals surface area contributed by atoms with Crippen LogP contribution in [0.1, 0.15) is 107 Å². The van der Waals surface area contributed by atoms with E-state index in [1.165, 1.54) is 53.6 Å². The van der Waals surface area contributed by atoms with Gasteiger partial charge in [-0.05, 0) is 84.4 Å². The number of anilines is 6. The molecule has 340 valence electrons. The van der Waals surface area contributed by atoms with Crippen molar-refractivity contribution in [3.05, 3.63) is 69.8 Å². The van der Waals surface area contributed by atoms with Gasteiger partial charge in [-0.15, -0.1) is 0 Å². The van der Waals surface area contributed by atoms with Crippen molar-refractivity contribution in [2.24, 2.45) is 5.92 Å². The van der Waals surface area contributed by atoms with Crippen molar-refractivity contribution in [3.63, 3.8) is 0 Å². The van der Waals surface area contributed by atoms with Gasteiger partial charge in [0.2, 0.25) is 11.8 Å². The maximum absolute atomic E-state index is 12.4. The van der Waals surface area contributed by atoms with E-state index in [2.05, 4.69) is 91.0 Å². The maximum atomic E-state index is 12.4. The molecule has 63 heavy (non-hydrogen) atoms. The van der Waals surface area contributed by atoms with E-state index >= 15 is 0 Å². The number of fused-ring (bicyclic) bond motifs is 4. The quantitative estimate of drug-likeness (QED) is 0.0864. The second-order valence-electron chi connectivity index (χ2n) is 16.8. The van der Waals surface area contributed by atoms with Gasteiger partial charge in [0.1, 0.15) is 11.4 Å². The highest BCUT2D eigenvalue weighted by Crippen LogP contribution is 2.36. The lowest BCUT2D eigenvalue weighted by Gasteiger charge is -2.35. The molecule has 9 rings (SSSR count). The molecule has 0 bridgehead atoms. The fourth-order valence-electron chi connectivity index (χ4n) is 8.48. The Balaban J connectivity index is 0.000000206. The van der Waals surface area contributed by atoms with Crippen molar-refractivity contribution in [1.29, 1.82) is 0 Å². The zero-order chi connectivity index (χ0) is 42.3. The molecule has 2 aromatic carbocycles. The first kappa shape index (κ1) is 46.8. The Morgan fingerprint density at radius 2 is 1.24 bits per heavy atom. The zero-order valence-corrected chi connectivity index (χ0v) is 35.6. The Hall–Kier alpha value is -5.74. The van der Waals surface area contributed by atoms with Crippen molar-refractivity contribution in [2.75, 3.05) is 77.8 Å². The number of carbonyl (C=O) groups is 2. The van der Waals surface area contributed by atoms with Crippen LogP contribution in [-0.4, -0.2) is 82.6 Å². The van der Waals surface area contributed by atoms with Gasteiger partial charge in [0.25, 0.3) is 0 Å². The fourth-order valence-corrected chi connectivity index (χ4v) is 8.48. The third kappa shape index (κ3) is 11.5. The van der Waals surface area contributed by atoms with Crippen LogP contribution in [-0.2, 0) is 48.6 Å². The van der Waals surface area contributed by atoms with Gasteiger partial charge in [-0.1, -0.05) is 84.4 Å². The molecule has 5 aliphatic rings. The molecular weight excluding hydrogens is 797 g/mol. The zero-order valence-electron chi connectivity index (χ0n) is 35.6. The molecule has 1 saturated carbocycles. The van der Waals surface area contributed by atoms with Gasteiger partial charge in [0.15, 0.2) is 23.3 Å². The van der Waals surface area contributed by atoms with E-state index < -0.39 is 0 Å². The van der Waals surface area contributed by atoms with Crippen LogP contribution in [0.2, 0.25) is 0 Å². The lowest BCUT2D eigenvalue weighted by Crippen LogP contribution is -2.39. The first-order valence-corrected chi connectivity index (χ1v) is 22.1. The molecule has 1 fully saturated rings. The summed E-state index contributed by atoms with van der Waals surface area (Å²) in [7, 11) is 0. The number of ether oxygens (including phenoxy) is 2. The average molecular weight is 865 g/mol. The number of unbranched alkanes of at least 4 members (excludes halogenated alkanes) is 2. The van der Waals surface area contributed by atoms with E-state index in [0.29, 0.717) is 49.3 Å². The first-order chi connectivity index (χ1) is 29.7. The third-order valence-corrected chi connectivity index (χ3v) is 12.1. The SMILES string of the molecule is C.C.CCCCOc1nc(N)c2c(n1)N(Cc1ccc3c(c1)CN(CC1CCC1)CC3)CC(=O)N2.CCCCOc1nc(N)c2c(n1)N(Cc1ccc3c(c1)CNCC3)CC(=O)N2. The fraction of sp³-hybridized carbons (Fsp3) is 0.532. The molecule has 2 aromatic heterocycles. The molecule has 2 amide bonds. The van der Waals surface area contributed by atoms with E-state index in [9.17, 15) is 9.59 Å². The summed E-state index contributed by atoms with van der Waals surface area (Å²) in [5, 5.41) is 9.03. The van der Waals surface area contributed by atoms with Gasteiger partial charge < -0.3 is 46.7 Å². The standard InChI is InChI=1S/C25H34N6O2.C20H26N6O2.2CH4/c1-2-3-11-33-25-28-23(26)22-24(29-25)31(16-21(32)27-22)14-18-7-8-19-9-10-30(15-20(19)12-18)13-17-5-4-6-17;1-2-3-8-28-20-24-18(21)17-19(25-20)26(12-16(27)23-17)11-13-4-5-14-6-7-22-10-15(14)9-13;;/h7-8,12,17H,2-6,9-11,13-16H2,1H3,(H,27,32)(H2,26,28,29);4-5,9,22H,2-3,6-8,10-12H2,1H3,(H,23,27)(H2,21,24,25);2*1H4. The molecule has 16 heteroatoms. The number of carbonyl (C=O) groups excluding carboxylic acids is 2. The van der Waals surface area contributed by atoms with Gasteiger partial charge in [-0.2, -0.15) is 19.9 Å². The summed E-state index contributed by atoms with van der Waals surface area (Å²) in [6, 6.07) is 13.8. The minimum Gasteiger partial charge on any atom is -0.463 e. The van der Waals surface area contributed by atoms with E-state index in [0.717, 1.165) is 76.2 Å². The lowest BCUT2D eigenvalue weighted by atomic mass is 9.84. The Kier molecular flexibility index (Phi) is 16.0. The van der Waals surface area contributed by atoms with Gasteiger partial charge >= 0.3 is 12.0 Å². The minimum absolute atomic E-state index is 0. The number of rotatable bonds is 14. The summed E-state index contributed by atoms with van der Waals surface area (Å²) in [5.41, 5.74) is 21.0. The number of amides is 2. The molecule has 16 nitrogen and oxygen atoms in total. The van der Waals surface area contributed by atoms with E-state index in [1.54, 1.807) is 0 Å². The summed E-state index contributed by atoms with van der Waals surface area (Å²) in [4.78, 5) is 48.6. The summed E-state index contributed by atoms with van der Waals surface area (Å²) in [5.74, 6) is 2.35. The van der Waals surface area contributed by atoms with Crippen LogP contribution >= 0.6 is 0 Å². The Morgan fingerprint density at radius 1 is 0.698 bits per heavy atom. The number of benzene rings is 2. The average Bonchev–Trinajstić information content (AvgIpc) is 3.23. The number of nitrogens with zero attached hydrogens (tertiary/aromatic N) is 7. The molecule has 1 aliphatic carbocycles. The normalized spacial score (nSPS) is 16.5. The molecule has 0 spiro atoms. The molecule has 6 heterocycles. The van der Waals surface area contributed by atoms with Crippen LogP contribution < -0.4 is 46.7 Å². The minimum atomic E-state index is -0.123. The first-order valence-electron chi connectivity index (χ1n) is 22.1. The van der Waals surface area contributed by atoms with Crippen LogP contribution in [0, 0.1) is 5.92 Å². The van der Waals surface area contributed by atoms with Crippen molar-refractivity contribution < 1.29 is 19.1 Å². The van der Waals surface area contributed by atoms with Gasteiger partial charge in [0.05, 0.1) is 26.3 Å². The highest BCUT2D eigenvalue weighted by Gasteiger charge is 2.30. The molecule has 0 atom stereocenters. The summed E-state index contributed by atoms with van der Waals surface area (Å²) in [6.07, 6.45) is 10.2. The molecule has 4 aromatic rings. The third-order valence-electron chi connectivity index (χ3n) is 12.1. The number of hydrogen-bond donors (Lipinski definition) is 5. The predicted molar refractivity (Wildman–Crippen MR) is 251 cm³/mol. The van der Waals surface area contributed by atoms with E-state index in [4.69, 9.17) is 20.9 Å². The number of aromatic nitrogens is 4. The summed E-state index contributed by atoms with van der Waals surface area (Å²) in [6.45, 7) is 12.2. The van der Waals surface area contributed by atoms with Crippen LogP contribution in [0.5, 0.6) is 12.0 Å². The second kappa shape index (κ2) is 21.6. The molecule has 0 radical (unpaired) electrons. The molecule has 4 aliphatic heterocycles. The van der Waals surface area contributed by atoms with Crippen LogP contribution in [0.3, 0.4) is 0 Å². The van der Waals surface area contributed by atoms with Gasteiger partial charge in [0, 0.05) is 39.3 Å². The molecule has 0 saturated heterocycles. The number of nitrogens with one attached hydrogen (secondary N) is 3. The van der Waals surface area contributed by atoms with Crippen LogP contribution in [0.25, 0.3) is 0 Å². The topological polar surface area (TPSA) is 202 Å². The van der Waals surface area contributed by atoms with Crippen molar-refractivity contribution >= 4 is 46.5 Å². The monoisotopic (exact) mass is 865 g/mol. The van der Waals surface area contributed by atoms with E-state index in [1.807, 2.05) is 9.80 Å². The number of nitrogen functional groups attached to an aromatic ring is 2. The Bertz CT molecular complexity index is 2220. The summed E-state index contributed by atoms with van der Waals surface area (Å²) >= 11 is 0. The maximum Gasteiger partial charge on any atom is 0.320 e. The number of hydrogen-bond acceptors (Lipinski definition) is 14. The Morgan fingerprint density at radius 3 is 1.76 bits per heavy atom. The predicted octanol–water partition coefficient (Wildman–Crippen LogP) is 6.47. The Labute approximate surface area is 372 Å². The highest BCUT2D eigenvalue weighted by molar-refractivity contribution is 6.03. The van der Waals surface area contributed by atoms with Gasteiger partial charge in [-0.3, -0.25) is 14.5 Å². The smallest absolute Gasteiger partial charge is 0.320 e. The van der Waals surface area contributed by atoms with Crippen LogP contribution in [0.15, 0.2) is 36.4 Å². The van der Waals surface area contributed by atoms with Crippen LogP contribution in [0.4, 0.5) is 34.6 Å². The molecule has 7 N–H and O–H groups in total. The van der Waals surface area contributed by atoms with Crippen molar-refractivity contribution in [3.8, 4) is 12.0 Å². The lowest BCUT2D eigenvalue weighted by molar-refractivity contribution is -0.116.